The molecule has 0 saturated heterocycles. The van der Waals surface area contributed by atoms with Crippen molar-refractivity contribution in [1.82, 2.24) is 9.97 Å². The highest BCUT2D eigenvalue weighted by Gasteiger charge is 2.27. The van der Waals surface area contributed by atoms with Gasteiger partial charge >= 0.3 is 0 Å². The van der Waals surface area contributed by atoms with Gasteiger partial charge < -0.3 is 5.32 Å². The van der Waals surface area contributed by atoms with Crippen LogP contribution in [0, 0.1) is 13.8 Å². The van der Waals surface area contributed by atoms with Crippen molar-refractivity contribution in [2.75, 3.05) is 5.32 Å². The lowest BCUT2D eigenvalue weighted by Gasteiger charge is -2.19. The fourth-order valence-electron chi connectivity index (χ4n) is 4.38. The molecule has 5 aromatic rings. The van der Waals surface area contributed by atoms with Crippen molar-refractivity contribution in [3.8, 4) is 0 Å². The van der Waals surface area contributed by atoms with Crippen LogP contribution in [-0.2, 0) is 10.8 Å². The number of rotatable bonds is 6. The molecule has 0 aliphatic rings. The first-order valence-electron chi connectivity index (χ1n) is 11.7. The Morgan fingerprint density at radius 1 is 0.833 bits per heavy atom. The Morgan fingerprint density at radius 3 is 2.17 bits per heavy atom. The number of hydrogen-bond acceptors (Lipinski definition) is 4. The van der Waals surface area contributed by atoms with Gasteiger partial charge in [-0.25, -0.2) is 9.97 Å². The second-order valence-corrected chi connectivity index (χ2v) is 10.1. The van der Waals surface area contributed by atoms with Gasteiger partial charge in [-0.1, -0.05) is 66.7 Å². The molecule has 5 nitrogen and oxygen atoms in total. The predicted octanol–water partition coefficient (Wildman–Crippen LogP) is 6.40. The van der Waals surface area contributed by atoms with Crippen LogP contribution in [0.15, 0.2) is 108 Å². The molecule has 0 fully saturated rings. The van der Waals surface area contributed by atoms with Gasteiger partial charge in [0.2, 0.25) is 0 Å². The number of benzene rings is 3. The van der Waals surface area contributed by atoms with Crippen LogP contribution in [0.3, 0.4) is 0 Å². The van der Waals surface area contributed by atoms with Gasteiger partial charge in [-0.3, -0.25) is 9.00 Å². The first kappa shape index (κ1) is 23.6. The Hall–Kier alpha value is -4.16. The third-order valence-corrected chi connectivity index (χ3v) is 7.70. The first-order valence-corrected chi connectivity index (χ1v) is 12.9. The molecule has 2 aromatic heterocycles. The van der Waals surface area contributed by atoms with Gasteiger partial charge in [0.05, 0.1) is 27.1 Å². The summed E-state index contributed by atoms with van der Waals surface area (Å²) in [6.45, 7) is 4.06. The highest BCUT2D eigenvalue weighted by atomic mass is 32.2. The predicted molar refractivity (Wildman–Crippen MR) is 145 cm³/mol. The maximum atomic E-state index is 14.0. The van der Waals surface area contributed by atoms with E-state index < -0.39 is 22.0 Å². The number of nitrogens with zero attached hydrogens (tertiary/aromatic N) is 2. The number of aromatic nitrogens is 2. The molecule has 1 atom stereocenters. The van der Waals surface area contributed by atoms with Crippen molar-refractivity contribution < 1.29 is 9.00 Å². The quantitative estimate of drug-likeness (QED) is 0.298. The summed E-state index contributed by atoms with van der Waals surface area (Å²) in [4.78, 5) is 22.4. The van der Waals surface area contributed by atoms with Crippen LogP contribution >= 0.6 is 0 Å². The van der Waals surface area contributed by atoms with Crippen molar-refractivity contribution in [3.63, 3.8) is 0 Å². The van der Waals surface area contributed by atoms with Crippen LogP contribution in [0.25, 0.3) is 10.9 Å². The van der Waals surface area contributed by atoms with Crippen molar-refractivity contribution in [2.24, 2.45) is 0 Å². The van der Waals surface area contributed by atoms with Gasteiger partial charge in [0.1, 0.15) is 10.8 Å². The summed E-state index contributed by atoms with van der Waals surface area (Å²) in [5.41, 5.74) is 5.09. The molecule has 0 radical (unpaired) electrons. The first-order chi connectivity index (χ1) is 17.5. The van der Waals surface area contributed by atoms with E-state index in [0.717, 1.165) is 33.2 Å². The monoisotopic (exact) mass is 491 g/mol. The summed E-state index contributed by atoms with van der Waals surface area (Å²) in [6.07, 6.45) is 1.57. The van der Waals surface area contributed by atoms with Crippen LogP contribution in [-0.4, -0.2) is 20.1 Å². The van der Waals surface area contributed by atoms with E-state index in [1.807, 2.05) is 86.6 Å². The average Bonchev–Trinajstić information content (AvgIpc) is 2.89. The van der Waals surface area contributed by atoms with Gasteiger partial charge in [-0.05, 0) is 66.4 Å². The van der Waals surface area contributed by atoms with E-state index >= 15 is 0 Å². The molecular formula is C30H25N3O2S. The third kappa shape index (κ3) is 4.81. The average molecular weight is 492 g/mol. The van der Waals surface area contributed by atoms with Gasteiger partial charge in [0.15, 0.2) is 0 Å². The summed E-state index contributed by atoms with van der Waals surface area (Å²) >= 11 is 0. The zero-order valence-electron chi connectivity index (χ0n) is 20.0. The van der Waals surface area contributed by atoms with E-state index in [2.05, 4.69) is 21.4 Å². The van der Waals surface area contributed by atoms with Gasteiger partial charge in [0.25, 0.3) is 5.91 Å². The lowest BCUT2D eigenvalue weighted by atomic mass is 10.0. The molecule has 6 heteroatoms. The number of nitrogens with one attached hydrogen (secondary N) is 1. The minimum absolute atomic E-state index is 0.236. The lowest BCUT2D eigenvalue weighted by molar-refractivity contribution is 0.102. The minimum atomic E-state index is -1.63. The van der Waals surface area contributed by atoms with E-state index in [1.54, 1.807) is 24.4 Å². The van der Waals surface area contributed by atoms with Crippen LogP contribution in [0.1, 0.15) is 37.9 Å². The SMILES string of the molecule is Cc1cc(C)c2ccc(NC(=O)c3cccnc3S(=O)C(c3ccccc3)c3ccccc3)nc2c1. The van der Waals surface area contributed by atoms with Crippen molar-refractivity contribution in [1.29, 1.82) is 0 Å². The number of carbonyl (C=O) groups excluding carboxylic acids is 1. The molecule has 36 heavy (non-hydrogen) atoms. The van der Waals surface area contributed by atoms with Gasteiger partial charge in [-0.2, -0.15) is 0 Å². The number of pyridine rings is 2. The molecule has 3 aromatic carbocycles. The van der Waals surface area contributed by atoms with E-state index in [-0.39, 0.29) is 10.6 Å². The van der Waals surface area contributed by atoms with Crippen LogP contribution in [0.2, 0.25) is 0 Å². The fourth-order valence-corrected chi connectivity index (χ4v) is 5.95. The lowest BCUT2D eigenvalue weighted by Crippen LogP contribution is -2.19. The Morgan fingerprint density at radius 2 is 1.50 bits per heavy atom. The summed E-state index contributed by atoms with van der Waals surface area (Å²) < 4.78 is 14.0. The fraction of sp³-hybridized carbons (Fsp3) is 0.100. The molecular weight excluding hydrogens is 466 g/mol. The minimum Gasteiger partial charge on any atom is -0.306 e. The van der Waals surface area contributed by atoms with Crippen molar-refractivity contribution >= 4 is 33.4 Å². The molecule has 0 saturated carbocycles. The molecule has 5 rings (SSSR count). The Kier molecular flexibility index (Phi) is 6.69. The number of fused-ring (bicyclic) bond motifs is 1. The van der Waals surface area contributed by atoms with E-state index in [4.69, 9.17) is 0 Å². The smallest absolute Gasteiger partial charge is 0.259 e. The third-order valence-electron chi connectivity index (χ3n) is 6.02. The largest absolute Gasteiger partial charge is 0.306 e. The molecule has 0 spiro atoms. The maximum Gasteiger partial charge on any atom is 0.259 e. The number of hydrogen-bond donors (Lipinski definition) is 1. The molecule has 0 bridgehead atoms. The van der Waals surface area contributed by atoms with E-state index in [0.29, 0.717) is 5.82 Å². The highest BCUT2D eigenvalue weighted by molar-refractivity contribution is 7.85. The Bertz CT molecular complexity index is 1530. The molecule has 178 valence electrons. The summed E-state index contributed by atoms with van der Waals surface area (Å²) in [5, 5.41) is 3.68. The summed E-state index contributed by atoms with van der Waals surface area (Å²) in [5.74, 6) is 0.0308. The molecule has 0 aliphatic heterocycles. The number of amides is 1. The summed E-state index contributed by atoms with van der Waals surface area (Å²) in [7, 11) is -1.63. The Balaban J connectivity index is 1.50. The van der Waals surface area contributed by atoms with Gasteiger partial charge in [-0.15, -0.1) is 0 Å². The number of carbonyl (C=O) groups is 1. The topological polar surface area (TPSA) is 72.0 Å². The normalized spacial score (nSPS) is 12.0. The Labute approximate surface area is 212 Å². The zero-order valence-corrected chi connectivity index (χ0v) is 20.8. The van der Waals surface area contributed by atoms with Gasteiger partial charge in [0, 0.05) is 11.6 Å². The molecule has 1 N–H and O–H groups in total. The number of anilines is 1. The van der Waals surface area contributed by atoms with Crippen molar-refractivity contribution in [2.45, 2.75) is 24.1 Å². The van der Waals surface area contributed by atoms with E-state index in [1.165, 1.54) is 0 Å². The summed E-state index contributed by atoms with van der Waals surface area (Å²) in [6, 6.07) is 30.5. The van der Waals surface area contributed by atoms with E-state index in [9.17, 15) is 9.00 Å². The second kappa shape index (κ2) is 10.2. The maximum absolute atomic E-state index is 14.0. The molecule has 2 heterocycles. The molecule has 1 amide bonds. The number of aryl methyl sites for hydroxylation is 2. The van der Waals surface area contributed by atoms with Crippen LogP contribution in [0.4, 0.5) is 5.82 Å². The van der Waals surface area contributed by atoms with Crippen LogP contribution in [0.5, 0.6) is 0 Å². The second-order valence-electron chi connectivity index (χ2n) is 8.65. The standard InChI is InChI=1S/C30H25N3O2S/c1-20-18-21(2)24-15-16-27(32-26(24)19-20)33-29(34)25-14-9-17-31-30(25)36(35)28(22-10-5-3-6-11-22)23-12-7-4-8-13-23/h3-19,28H,1-2H3,(H,32,33,34). The molecule has 0 aliphatic carbocycles. The van der Waals surface area contributed by atoms with Crippen LogP contribution < -0.4 is 5.32 Å². The molecule has 1 unspecified atom stereocenters. The highest BCUT2D eigenvalue weighted by Crippen LogP contribution is 2.32. The van der Waals surface area contributed by atoms with Crippen molar-refractivity contribution in [3.05, 3.63) is 131 Å². The zero-order chi connectivity index (χ0) is 25.1.